The van der Waals surface area contributed by atoms with Gasteiger partial charge in [0.1, 0.15) is 0 Å². The second-order valence-corrected chi connectivity index (χ2v) is 6.25. The predicted octanol–water partition coefficient (Wildman–Crippen LogP) is 4.04. The minimum absolute atomic E-state index is 0.414. The number of methoxy groups -OCH3 is 1. The highest BCUT2D eigenvalue weighted by Gasteiger charge is 2.25. The largest absolute Gasteiger partial charge is 0.466 e. The molecule has 0 radical (unpaired) electrons. The summed E-state index contributed by atoms with van der Waals surface area (Å²) in [5.74, 6) is 12.5. The molecule has 26 heavy (non-hydrogen) atoms. The molecule has 0 spiro atoms. The lowest BCUT2D eigenvalue weighted by atomic mass is 9.97. The first-order valence-corrected chi connectivity index (χ1v) is 9.07. The van der Waals surface area contributed by atoms with Gasteiger partial charge in [-0.15, -0.1) is 0 Å². The van der Waals surface area contributed by atoms with Crippen LogP contribution in [-0.4, -0.2) is 37.6 Å². The zero-order chi connectivity index (χ0) is 19.3. The summed E-state index contributed by atoms with van der Waals surface area (Å²) in [5, 5.41) is 0. The van der Waals surface area contributed by atoms with Gasteiger partial charge in [0.25, 0.3) is 0 Å². The molecule has 1 aromatic carbocycles. The van der Waals surface area contributed by atoms with Gasteiger partial charge in [-0.05, 0) is 38.7 Å². The van der Waals surface area contributed by atoms with Crippen LogP contribution >= 0.6 is 0 Å². The molecule has 0 heterocycles. The molecule has 1 rings (SSSR count). The molecule has 0 aliphatic carbocycles. The van der Waals surface area contributed by atoms with E-state index in [4.69, 9.17) is 4.74 Å². The number of hydrogen-bond donors (Lipinski definition) is 0. The Hall–Kier alpha value is -2.49. The lowest BCUT2D eigenvalue weighted by molar-refractivity contribution is -0.134. The van der Waals surface area contributed by atoms with Crippen LogP contribution in [0.5, 0.6) is 0 Å². The highest BCUT2D eigenvalue weighted by atomic mass is 16.5. The molecule has 0 saturated heterocycles. The van der Waals surface area contributed by atoms with Crippen LogP contribution in [0.1, 0.15) is 44.6 Å². The van der Waals surface area contributed by atoms with Crippen molar-refractivity contribution in [3.63, 3.8) is 0 Å². The Bertz CT molecular complexity index is 698. The molecule has 0 amide bonds. The molecule has 138 valence electrons. The predicted molar refractivity (Wildman–Crippen MR) is 107 cm³/mol. The Balaban J connectivity index is 3.12. The topological polar surface area (TPSA) is 29.5 Å². The Morgan fingerprint density at radius 1 is 1.15 bits per heavy atom. The van der Waals surface area contributed by atoms with Gasteiger partial charge in [0.15, 0.2) is 5.54 Å². The number of rotatable bonds is 7. The standard InChI is InChI=1S/C23H29NO2/c1-5-6-7-8-9-13-18-23(24(2)3,20-17-22(25)26-4)19-16-21-14-11-10-12-15-21/h10-12,14-15,17,20H,5-9H2,1-4H3/b20-17+. The molecule has 1 unspecified atom stereocenters. The Morgan fingerprint density at radius 2 is 1.88 bits per heavy atom. The Kier molecular flexibility index (Phi) is 9.91. The van der Waals surface area contributed by atoms with E-state index in [9.17, 15) is 4.79 Å². The normalized spacial score (nSPS) is 12.7. The zero-order valence-electron chi connectivity index (χ0n) is 16.3. The SMILES string of the molecule is CCCCCCC#CC(C#Cc1ccccc1)(/C=C/C(=O)OC)N(C)C. The third-order valence-electron chi connectivity index (χ3n) is 3.97. The van der Waals surface area contributed by atoms with Crippen molar-refractivity contribution in [2.75, 3.05) is 21.2 Å². The van der Waals surface area contributed by atoms with Crippen molar-refractivity contribution in [2.24, 2.45) is 0 Å². The van der Waals surface area contributed by atoms with Gasteiger partial charge in [-0.2, -0.15) is 0 Å². The molecule has 0 aliphatic heterocycles. The Morgan fingerprint density at radius 3 is 2.50 bits per heavy atom. The summed E-state index contributed by atoms with van der Waals surface area (Å²) in [4.78, 5) is 13.5. The number of unbranched alkanes of at least 4 members (excludes halogenated alkanes) is 4. The van der Waals surface area contributed by atoms with Crippen molar-refractivity contribution in [2.45, 2.75) is 44.6 Å². The van der Waals surface area contributed by atoms with Crippen LogP contribution in [0, 0.1) is 23.7 Å². The van der Waals surface area contributed by atoms with Crippen molar-refractivity contribution >= 4 is 5.97 Å². The van der Waals surface area contributed by atoms with Crippen LogP contribution in [0.3, 0.4) is 0 Å². The quantitative estimate of drug-likeness (QED) is 0.321. The molecule has 3 heteroatoms. The number of benzene rings is 1. The fourth-order valence-corrected chi connectivity index (χ4v) is 2.27. The highest BCUT2D eigenvalue weighted by Crippen LogP contribution is 2.14. The second kappa shape index (κ2) is 12.0. The van der Waals surface area contributed by atoms with Gasteiger partial charge in [0.2, 0.25) is 0 Å². The van der Waals surface area contributed by atoms with Crippen LogP contribution in [0.2, 0.25) is 0 Å². The number of likely N-dealkylation sites (N-methyl/N-ethyl adjacent to an activating group) is 1. The van der Waals surface area contributed by atoms with Crippen LogP contribution < -0.4 is 0 Å². The minimum atomic E-state index is -0.839. The monoisotopic (exact) mass is 351 g/mol. The average Bonchev–Trinajstić information content (AvgIpc) is 2.66. The van der Waals surface area contributed by atoms with Crippen LogP contribution in [-0.2, 0) is 9.53 Å². The number of carbonyl (C=O) groups excluding carboxylic acids is 1. The number of hydrogen-bond acceptors (Lipinski definition) is 3. The summed E-state index contributed by atoms with van der Waals surface area (Å²) in [7, 11) is 5.18. The molecule has 3 nitrogen and oxygen atoms in total. The van der Waals surface area contributed by atoms with Crippen LogP contribution in [0.25, 0.3) is 0 Å². The molecule has 0 aromatic heterocycles. The summed E-state index contributed by atoms with van der Waals surface area (Å²) >= 11 is 0. The maximum absolute atomic E-state index is 11.6. The van der Waals surface area contributed by atoms with Gasteiger partial charge >= 0.3 is 5.97 Å². The average molecular weight is 351 g/mol. The first-order chi connectivity index (χ1) is 12.5. The molecular weight excluding hydrogens is 322 g/mol. The van der Waals surface area contributed by atoms with Gasteiger partial charge in [0, 0.05) is 18.1 Å². The van der Waals surface area contributed by atoms with Crippen LogP contribution in [0.15, 0.2) is 42.5 Å². The fraction of sp³-hybridized carbons (Fsp3) is 0.435. The van der Waals surface area contributed by atoms with Gasteiger partial charge in [-0.1, -0.05) is 68.1 Å². The lowest BCUT2D eigenvalue weighted by Gasteiger charge is -2.27. The first-order valence-electron chi connectivity index (χ1n) is 9.07. The maximum atomic E-state index is 11.6. The van der Waals surface area contributed by atoms with Crippen molar-refractivity contribution < 1.29 is 9.53 Å². The fourth-order valence-electron chi connectivity index (χ4n) is 2.27. The van der Waals surface area contributed by atoms with Crippen molar-refractivity contribution in [3.05, 3.63) is 48.0 Å². The Labute approximate surface area is 158 Å². The van der Waals surface area contributed by atoms with E-state index >= 15 is 0 Å². The minimum Gasteiger partial charge on any atom is -0.466 e. The summed E-state index contributed by atoms with van der Waals surface area (Å²) in [6, 6.07) is 9.76. The van der Waals surface area contributed by atoms with E-state index in [0.29, 0.717) is 0 Å². The van der Waals surface area contributed by atoms with Crippen molar-refractivity contribution in [3.8, 4) is 23.7 Å². The number of carbonyl (C=O) groups is 1. The third-order valence-corrected chi connectivity index (χ3v) is 3.97. The third kappa shape index (κ3) is 7.60. The van der Waals surface area contributed by atoms with Crippen LogP contribution in [0.4, 0.5) is 0 Å². The van der Waals surface area contributed by atoms with E-state index in [1.165, 1.54) is 32.4 Å². The summed E-state index contributed by atoms with van der Waals surface area (Å²) < 4.78 is 4.72. The second-order valence-electron chi connectivity index (χ2n) is 6.25. The van der Waals surface area contributed by atoms with Crippen molar-refractivity contribution in [1.82, 2.24) is 4.90 Å². The molecule has 1 atom stereocenters. The molecule has 0 N–H and O–H groups in total. The van der Waals surface area contributed by atoms with Gasteiger partial charge in [-0.3, -0.25) is 4.90 Å². The summed E-state index contributed by atoms with van der Waals surface area (Å²) in [6.07, 6.45) is 8.65. The summed E-state index contributed by atoms with van der Waals surface area (Å²) in [5.41, 5.74) is 0.0735. The number of esters is 1. The first kappa shape index (κ1) is 21.6. The van der Waals surface area contributed by atoms with E-state index in [1.807, 2.05) is 49.3 Å². The molecule has 1 aromatic rings. The maximum Gasteiger partial charge on any atom is 0.330 e. The van der Waals surface area contributed by atoms with Crippen molar-refractivity contribution in [1.29, 1.82) is 0 Å². The zero-order valence-corrected chi connectivity index (χ0v) is 16.3. The number of ether oxygens (including phenoxy) is 1. The highest BCUT2D eigenvalue weighted by molar-refractivity contribution is 5.82. The summed E-state index contributed by atoms with van der Waals surface area (Å²) in [6.45, 7) is 2.19. The van der Waals surface area contributed by atoms with Gasteiger partial charge < -0.3 is 4.74 Å². The molecule has 0 bridgehead atoms. The van der Waals surface area contributed by atoms with Gasteiger partial charge in [-0.25, -0.2) is 4.79 Å². The van der Waals surface area contributed by atoms with Gasteiger partial charge in [0.05, 0.1) is 7.11 Å². The van der Waals surface area contributed by atoms with E-state index in [2.05, 4.69) is 30.6 Å². The van der Waals surface area contributed by atoms with E-state index in [1.54, 1.807) is 6.08 Å². The number of nitrogens with zero attached hydrogens (tertiary/aromatic N) is 1. The smallest absolute Gasteiger partial charge is 0.330 e. The van der Waals surface area contributed by atoms with E-state index in [-0.39, 0.29) is 0 Å². The molecular formula is C23H29NO2. The van der Waals surface area contributed by atoms with E-state index in [0.717, 1.165) is 18.4 Å². The lowest BCUT2D eigenvalue weighted by Crippen LogP contribution is -2.40. The molecule has 0 fully saturated rings. The molecule has 0 saturated carbocycles. The van der Waals surface area contributed by atoms with E-state index < -0.39 is 11.5 Å². The molecule has 0 aliphatic rings.